The highest BCUT2D eigenvalue weighted by Gasteiger charge is 2.20. The summed E-state index contributed by atoms with van der Waals surface area (Å²) in [6.07, 6.45) is 2.43. The van der Waals surface area contributed by atoms with Crippen molar-refractivity contribution in [2.45, 2.75) is 59.5 Å². The van der Waals surface area contributed by atoms with Gasteiger partial charge in [-0.05, 0) is 32.2 Å². The van der Waals surface area contributed by atoms with E-state index in [4.69, 9.17) is 4.74 Å². The molecule has 3 heteroatoms. The van der Waals surface area contributed by atoms with E-state index in [2.05, 4.69) is 44.8 Å². The minimum atomic E-state index is 0.573. The van der Waals surface area contributed by atoms with Gasteiger partial charge in [-0.25, -0.2) is 0 Å². The predicted molar refractivity (Wildman–Crippen MR) is 80.1 cm³/mol. The van der Waals surface area contributed by atoms with Crippen LogP contribution in [0.2, 0.25) is 0 Å². The summed E-state index contributed by atoms with van der Waals surface area (Å²) in [5, 5.41) is 3.56. The topological polar surface area (TPSA) is 24.5 Å². The summed E-state index contributed by atoms with van der Waals surface area (Å²) in [5.41, 5.74) is 0. The molecule has 0 bridgehead atoms. The van der Waals surface area contributed by atoms with Crippen molar-refractivity contribution in [2.75, 3.05) is 33.4 Å². The second-order valence-electron chi connectivity index (χ2n) is 5.60. The molecule has 0 heterocycles. The Bertz CT molecular complexity index is 181. The van der Waals surface area contributed by atoms with Crippen LogP contribution in [0.3, 0.4) is 0 Å². The molecule has 110 valence electrons. The van der Waals surface area contributed by atoms with Crippen LogP contribution in [0, 0.1) is 5.92 Å². The fraction of sp³-hybridized carbons (Fsp3) is 1.00. The molecule has 0 amide bonds. The summed E-state index contributed by atoms with van der Waals surface area (Å²) in [6.45, 7) is 15.4. The highest BCUT2D eigenvalue weighted by molar-refractivity contribution is 4.77. The Labute approximate surface area is 114 Å². The largest absolute Gasteiger partial charge is 0.383 e. The van der Waals surface area contributed by atoms with Gasteiger partial charge in [-0.15, -0.1) is 0 Å². The molecule has 18 heavy (non-hydrogen) atoms. The molecule has 1 N–H and O–H groups in total. The van der Waals surface area contributed by atoms with Crippen LogP contribution in [0.25, 0.3) is 0 Å². The molecule has 0 rings (SSSR count). The molecule has 0 spiro atoms. The maximum atomic E-state index is 5.24. The summed E-state index contributed by atoms with van der Waals surface area (Å²) in [4.78, 5) is 2.59. The zero-order valence-corrected chi connectivity index (χ0v) is 13.3. The van der Waals surface area contributed by atoms with Gasteiger partial charge in [0.05, 0.1) is 6.61 Å². The van der Waals surface area contributed by atoms with Crippen LogP contribution in [-0.2, 0) is 4.74 Å². The number of nitrogens with zero attached hydrogens (tertiary/aromatic N) is 1. The number of methoxy groups -OCH3 is 1. The average molecular weight is 258 g/mol. The van der Waals surface area contributed by atoms with Gasteiger partial charge < -0.3 is 10.1 Å². The quantitative estimate of drug-likeness (QED) is 0.617. The lowest BCUT2D eigenvalue weighted by Gasteiger charge is -2.36. The average Bonchev–Trinajstić information content (AvgIpc) is 2.33. The number of hydrogen-bond donors (Lipinski definition) is 1. The van der Waals surface area contributed by atoms with Gasteiger partial charge in [-0.3, -0.25) is 4.90 Å². The van der Waals surface area contributed by atoms with Gasteiger partial charge in [0.2, 0.25) is 0 Å². The third-order valence-corrected chi connectivity index (χ3v) is 3.52. The van der Waals surface area contributed by atoms with Crippen LogP contribution < -0.4 is 5.32 Å². The molecule has 0 saturated heterocycles. The van der Waals surface area contributed by atoms with Gasteiger partial charge in [0, 0.05) is 32.3 Å². The van der Waals surface area contributed by atoms with Crippen LogP contribution in [0.1, 0.15) is 47.5 Å². The van der Waals surface area contributed by atoms with Gasteiger partial charge in [0.25, 0.3) is 0 Å². The second kappa shape index (κ2) is 10.8. The molecule has 1 atom stereocenters. The zero-order chi connectivity index (χ0) is 14.0. The van der Waals surface area contributed by atoms with E-state index < -0.39 is 0 Å². The summed E-state index contributed by atoms with van der Waals surface area (Å²) >= 11 is 0. The highest BCUT2D eigenvalue weighted by Crippen LogP contribution is 2.12. The molecule has 0 aromatic rings. The highest BCUT2D eigenvalue weighted by atomic mass is 16.5. The van der Waals surface area contributed by atoms with E-state index in [1.165, 1.54) is 12.8 Å². The monoisotopic (exact) mass is 258 g/mol. The summed E-state index contributed by atoms with van der Waals surface area (Å²) < 4.78 is 5.24. The molecule has 0 saturated carbocycles. The lowest BCUT2D eigenvalue weighted by molar-refractivity contribution is 0.0849. The third-order valence-electron chi connectivity index (χ3n) is 3.52. The molecular weight excluding hydrogens is 224 g/mol. The minimum Gasteiger partial charge on any atom is -0.383 e. The molecule has 0 radical (unpaired) electrons. The second-order valence-corrected chi connectivity index (χ2v) is 5.60. The molecule has 0 fully saturated rings. The van der Waals surface area contributed by atoms with E-state index in [9.17, 15) is 0 Å². The smallest absolute Gasteiger partial charge is 0.0589 e. The Morgan fingerprint density at radius 3 is 2.11 bits per heavy atom. The van der Waals surface area contributed by atoms with E-state index >= 15 is 0 Å². The van der Waals surface area contributed by atoms with Gasteiger partial charge >= 0.3 is 0 Å². The number of ether oxygens (including phenoxy) is 1. The molecule has 0 aliphatic rings. The number of nitrogens with one attached hydrogen (secondary N) is 1. The standard InChI is InChI=1S/C15H34N2O/c1-7-15(8-2)17(9-10-18-6)14(5)12-16-11-13(3)4/h13-16H,7-12H2,1-6H3. The van der Waals surface area contributed by atoms with Crippen molar-refractivity contribution in [3.05, 3.63) is 0 Å². The van der Waals surface area contributed by atoms with E-state index in [0.717, 1.165) is 32.2 Å². The Hall–Kier alpha value is -0.120. The molecule has 0 aliphatic heterocycles. The van der Waals surface area contributed by atoms with Crippen molar-refractivity contribution in [2.24, 2.45) is 5.92 Å². The Morgan fingerprint density at radius 1 is 1.06 bits per heavy atom. The zero-order valence-electron chi connectivity index (χ0n) is 13.3. The fourth-order valence-corrected chi connectivity index (χ4v) is 2.42. The van der Waals surface area contributed by atoms with E-state index in [1.54, 1.807) is 7.11 Å². The van der Waals surface area contributed by atoms with E-state index in [1.807, 2.05) is 0 Å². The summed E-state index contributed by atoms with van der Waals surface area (Å²) in [7, 11) is 1.78. The Balaban J connectivity index is 4.24. The van der Waals surface area contributed by atoms with Crippen LogP contribution >= 0.6 is 0 Å². The van der Waals surface area contributed by atoms with Crippen molar-refractivity contribution >= 4 is 0 Å². The van der Waals surface area contributed by atoms with E-state index in [0.29, 0.717) is 12.1 Å². The fourth-order valence-electron chi connectivity index (χ4n) is 2.42. The van der Waals surface area contributed by atoms with Crippen LogP contribution in [0.15, 0.2) is 0 Å². The van der Waals surface area contributed by atoms with Gasteiger partial charge in [-0.1, -0.05) is 27.7 Å². The first-order valence-electron chi connectivity index (χ1n) is 7.52. The molecule has 3 nitrogen and oxygen atoms in total. The van der Waals surface area contributed by atoms with Crippen molar-refractivity contribution < 1.29 is 4.74 Å². The first-order valence-corrected chi connectivity index (χ1v) is 7.52. The van der Waals surface area contributed by atoms with Crippen molar-refractivity contribution in [3.63, 3.8) is 0 Å². The van der Waals surface area contributed by atoms with Crippen LogP contribution in [0.4, 0.5) is 0 Å². The van der Waals surface area contributed by atoms with Crippen molar-refractivity contribution in [1.82, 2.24) is 10.2 Å². The lowest BCUT2D eigenvalue weighted by atomic mass is 10.1. The molecular formula is C15H34N2O. The van der Waals surface area contributed by atoms with Gasteiger partial charge in [0.1, 0.15) is 0 Å². The number of rotatable bonds is 11. The summed E-state index contributed by atoms with van der Waals surface area (Å²) in [6, 6.07) is 1.25. The first-order chi connectivity index (χ1) is 8.56. The molecule has 0 aromatic heterocycles. The van der Waals surface area contributed by atoms with Gasteiger partial charge in [0.15, 0.2) is 0 Å². The third kappa shape index (κ3) is 7.34. The molecule has 0 aliphatic carbocycles. The summed E-state index contributed by atoms with van der Waals surface area (Å²) in [5.74, 6) is 0.720. The SMILES string of the molecule is CCC(CC)N(CCOC)C(C)CNCC(C)C. The Morgan fingerprint density at radius 2 is 1.67 bits per heavy atom. The van der Waals surface area contributed by atoms with Gasteiger partial charge in [-0.2, -0.15) is 0 Å². The maximum absolute atomic E-state index is 5.24. The number of hydrogen-bond acceptors (Lipinski definition) is 3. The maximum Gasteiger partial charge on any atom is 0.0589 e. The first kappa shape index (κ1) is 17.9. The van der Waals surface area contributed by atoms with Crippen molar-refractivity contribution in [1.29, 1.82) is 0 Å². The molecule has 0 aromatic carbocycles. The minimum absolute atomic E-state index is 0.573. The predicted octanol–water partition coefficient (Wildman–Crippen LogP) is 2.76. The Kier molecular flexibility index (Phi) is 10.7. The lowest BCUT2D eigenvalue weighted by Crippen LogP contribution is -2.47. The van der Waals surface area contributed by atoms with Crippen molar-refractivity contribution in [3.8, 4) is 0 Å². The van der Waals surface area contributed by atoms with Crippen LogP contribution in [0.5, 0.6) is 0 Å². The molecule has 1 unspecified atom stereocenters. The van der Waals surface area contributed by atoms with E-state index in [-0.39, 0.29) is 0 Å². The normalized spacial score (nSPS) is 13.8. The van der Waals surface area contributed by atoms with Crippen LogP contribution in [-0.4, -0.2) is 50.3 Å².